The van der Waals surface area contributed by atoms with Crippen LogP contribution in [0.5, 0.6) is 0 Å². The summed E-state index contributed by atoms with van der Waals surface area (Å²) >= 11 is 0. The highest BCUT2D eigenvalue weighted by atomic mass is 16.7. The highest BCUT2D eigenvalue weighted by Gasteiger charge is 2.60. The summed E-state index contributed by atoms with van der Waals surface area (Å²) in [6.45, 7) is 16.6. The first-order valence-corrected chi connectivity index (χ1v) is 16.2. The molecule has 11 heteroatoms. The van der Waals surface area contributed by atoms with E-state index in [0.29, 0.717) is 37.9 Å². The third-order valence-electron chi connectivity index (χ3n) is 10.5. The van der Waals surface area contributed by atoms with E-state index < -0.39 is 47.9 Å². The van der Waals surface area contributed by atoms with Gasteiger partial charge in [0.1, 0.15) is 12.2 Å². The summed E-state index contributed by atoms with van der Waals surface area (Å²) in [6, 6.07) is -0.503. The molecule has 12 atom stereocenters. The molecular formula is C33H55N3O8. The number of carbonyl (C=O) groups is 2. The fourth-order valence-electron chi connectivity index (χ4n) is 8.21. The van der Waals surface area contributed by atoms with E-state index in [2.05, 4.69) is 13.8 Å². The number of ether oxygens (including phenoxy) is 5. The Balaban J connectivity index is 1.80. The molecule has 0 aliphatic carbocycles. The molecule has 2 bridgehead atoms. The zero-order valence-electron chi connectivity index (χ0n) is 28.5. The number of aliphatic hydroxyl groups excluding tert-OH is 1. The Morgan fingerprint density at radius 2 is 1.86 bits per heavy atom. The summed E-state index contributed by atoms with van der Waals surface area (Å²) in [5, 5.41) is 11.4. The minimum Gasteiger partial charge on any atom is -0.455 e. The number of aliphatic hydroxyl groups is 1. The Bertz CT molecular complexity index is 1130. The van der Waals surface area contributed by atoms with Gasteiger partial charge in [-0.05, 0) is 67.0 Å². The van der Waals surface area contributed by atoms with Gasteiger partial charge >= 0.3 is 12.1 Å². The Hall–Kier alpha value is -2.05. The van der Waals surface area contributed by atoms with Crippen LogP contribution in [0, 0.1) is 17.8 Å². The molecule has 1 N–H and O–H groups in total. The van der Waals surface area contributed by atoms with Crippen molar-refractivity contribution in [2.45, 2.75) is 129 Å². The molecule has 1 amide bonds. The third-order valence-corrected chi connectivity index (χ3v) is 10.5. The Morgan fingerprint density at radius 3 is 2.48 bits per heavy atom. The van der Waals surface area contributed by atoms with Crippen LogP contribution in [0.25, 0.3) is 0 Å². The first-order chi connectivity index (χ1) is 20.6. The standard InChI is InChI=1S/C33H55N3O8/c1-12-24-33(8)27-22(6)25(34-13-14-36(27)31(39)44-33)20(4)17-32(7,40-11)28(18(2)15-19(3)29(38)42-24)43-30-26(37)23(35(9)10)16-21(5)41-30/h15,18,20-24,26-28,30,37H,12-14,16-17H2,1-11H3/b19-15+/t18-,20+,21+,22+,23-,24+,26+,27+,28-,30-,32+,33+/m0/s1. The molecule has 44 heavy (non-hydrogen) atoms. The fraction of sp³-hybridized carbons (Fsp3) is 0.848. The lowest BCUT2D eigenvalue weighted by Crippen LogP contribution is -2.59. The SMILES string of the molecule is CC[C@H]1OC(=O)/C(C)=C/[C@H](C)[C@H](O[C@@H]2O[C@H](C)C[C@H](N(C)C)[C@H]2O)[C@](C)(OC)C[C@@H](C)C2=NCCN3C(=O)O[C@@]1(C)[C@H]3[C@@H]2C. The Kier molecular flexibility index (Phi) is 10.6. The summed E-state index contributed by atoms with van der Waals surface area (Å²) in [5.41, 5.74) is -0.533. The van der Waals surface area contributed by atoms with Crippen LogP contribution in [0.3, 0.4) is 0 Å². The van der Waals surface area contributed by atoms with Crippen LogP contribution in [0.4, 0.5) is 4.79 Å². The number of esters is 1. The first kappa shape index (κ1) is 34.8. The van der Waals surface area contributed by atoms with Crippen molar-refractivity contribution in [2.75, 3.05) is 34.3 Å². The van der Waals surface area contributed by atoms with E-state index in [1.54, 1.807) is 18.9 Å². The molecule has 4 aliphatic rings. The van der Waals surface area contributed by atoms with E-state index in [0.717, 1.165) is 5.71 Å². The molecule has 0 aromatic carbocycles. The van der Waals surface area contributed by atoms with Crippen molar-refractivity contribution in [1.82, 2.24) is 9.80 Å². The van der Waals surface area contributed by atoms with Gasteiger partial charge < -0.3 is 33.7 Å². The van der Waals surface area contributed by atoms with Gasteiger partial charge in [-0.2, -0.15) is 0 Å². The molecule has 0 radical (unpaired) electrons. The molecule has 4 rings (SSSR count). The van der Waals surface area contributed by atoms with Crippen LogP contribution < -0.4 is 0 Å². The molecule has 11 nitrogen and oxygen atoms in total. The number of rotatable bonds is 5. The van der Waals surface area contributed by atoms with Crippen LogP contribution in [0.2, 0.25) is 0 Å². The molecule has 0 aromatic heterocycles. The molecule has 0 saturated carbocycles. The van der Waals surface area contributed by atoms with Gasteiger partial charge in [-0.15, -0.1) is 0 Å². The number of carbonyl (C=O) groups excluding carboxylic acids is 2. The summed E-state index contributed by atoms with van der Waals surface area (Å²) in [4.78, 5) is 35.6. The van der Waals surface area contributed by atoms with Crippen molar-refractivity contribution < 1.29 is 38.4 Å². The lowest BCUT2D eigenvalue weighted by atomic mass is 9.74. The molecule has 250 valence electrons. The topological polar surface area (TPSA) is 119 Å². The number of nitrogens with zero attached hydrogens (tertiary/aromatic N) is 3. The summed E-state index contributed by atoms with van der Waals surface area (Å²) in [6.07, 6.45) is -0.00112. The number of hydrogen-bond donors (Lipinski definition) is 1. The van der Waals surface area contributed by atoms with Crippen molar-refractivity contribution in [3.05, 3.63) is 11.6 Å². The lowest BCUT2D eigenvalue weighted by molar-refractivity contribution is -0.294. The molecule has 4 heterocycles. The second-order valence-corrected chi connectivity index (χ2v) is 14.0. The second kappa shape index (κ2) is 13.4. The van der Waals surface area contributed by atoms with Crippen molar-refractivity contribution in [3.63, 3.8) is 0 Å². The van der Waals surface area contributed by atoms with Gasteiger partial charge in [-0.3, -0.25) is 9.89 Å². The third kappa shape index (κ3) is 6.45. The van der Waals surface area contributed by atoms with Crippen molar-refractivity contribution >= 4 is 17.8 Å². The zero-order chi connectivity index (χ0) is 32.7. The van der Waals surface area contributed by atoms with Gasteiger partial charge in [-0.1, -0.05) is 33.8 Å². The Morgan fingerprint density at radius 1 is 1.18 bits per heavy atom. The average molecular weight is 622 g/mol. The van der Waals surface area contributed by atoms with Crippen molar-refractivity contribution in [1.29, 1.82) is 0 Å². The van der Waals surface area contributed by atoms with E-state index in [-0.39, 0.29) is 35.9 Å². The summed E-state index contributed by atoms with van der Waals surface area (Å²) in [5.74, 6) is -1.02. The first-order valence-electron chi connectivity index (χ1n) is 16.2. The van der Waals surface area contributed by atoms with Gasteiger partial charge in [0.25, 0.3) is 0 Å². The highest BCUT2D eigenvalue weighted by Crippen LogP contribution is 2.43. The van der Waals surface area contributed by atoms with E-state index in [1.807, 2.05) is 59.7 Å². The van der Waals surface area contributed by atoms with Gasteiger partial charge in [0.15, 0.2) is 11.9 Å². The quantitative estimate of drug-likeness (QED) is 0.457. The number of fused-ring (bicyclic) bond motifs is 1. The van der Waals surface area contributed by atoms with E-state index in [4.69, 9.17) is 28.7 Å². The number of hydrogen-bond acceptors (Lipinski definition) is 10. The molecule has 4 aliphatic heterocycles. The van der Waals surface area contributed by atoms with Gasteiger partial charge in [0.2, 0.25) is 0 Å². The minimum atomic E-state index is -1.05. The fourth-order valence-corrected chi connectivity index (χ4v) is 8.21. The number of amides is 1. The zero-order valence-corrected chi connectivity index (χ0v) is 28.5. The molecule has 0 aromatic rings. The molecule has 2 fully saturated rings. The van der Waals surface area contributed by atoms with Gasteiger partial charge in [0, 0.05) is 42.8 Å². The number of cyclic esters (lactones) is 1. The number of aliphatic imine (C=N–C) groups is 1. The largest absolute Gasteiger partial charge is 0.455 e. The predicted octanol–water partition coefficient (Wildman–Crippen LogP) is 3.82. The smallest absolute Gasteiger partial charge is 0.410 e. The van der Waals surface area contributed by atoms with Crippen LogP contribution in [0.1, 0.15) is 74.7 Å². The minimum absolute atomic E-state index is 0.0468. The maximum Gasteiger partial charge on any atom is 0.410 e. The van der Waals surface area contributed by atoms with Crippen LogP contribution in [0.15, 0.2) is 16.6 Å². The molecule has 0 spiro atoms. The lowest BCUT2D eigenvalue weighted by Gasteiger charge is -2.47. The molecule has 0 unspecified atom stereocenters. The van der Waals surface area contributed by atoms with E-state index in [9.17, 15) is 14.7 Å². The number of methoxy groups -OCH3 is 1. The van der Waals surface area contributed by atoms with Crippen molar-refractivity contribution in [2.24, 2.45) is 22.7 Å². The highest BCUT2D eigenvalue weighted by molar-refractivity contribution is 5.91. The van der Waals surface area contributed by atoms with E-state index in [1.165, 1.54) is 0 Å². The van der Waals surface area contributed by atoms with Gasteiger partial charge in [-0.25, -0.2) is 9.59 Å². The predicted molar refractivity (Wildman–Crippen MR) is 166 cm³/mol. The van der Waals surface area contributed by atoms with Gasteiger partial charge in [0.05, 0.1) is 30.4 Å². The molecule has 2 saturated heterocycles. The van der Waals surface area contributed by atoms with Crippen LogP contribution in [-0.4, -0.2) is 121 Å². The van der Waals surface area contributed by atoms with Crippen LogP contribution in [-0.2, 0) is 28.5 Å². The molecular weight excluding hydrogens is 566 g/mol. The second-order valence-electron chi connectivity index (χ2n) is 14.0. The van der Waals surface area contributed by atoms with E-state index >= 15 is 0 Å². The maximum absolute atomic E-state index is 13.6. The summed E-state index contributed by atoms with van der Waals surface area (Å²) in [7, 11) is 5.55. The number of likely N-dealkylation sites (N-methyl/N-ethyl adjacent to an activating group) is 1. The Labute approximate surface area is 263 Å². The monoisotopic (exact) mass is 621 g/mol. The summed E-state index contributed by atoms with van der Waals surface area (Å²) < 4.78 is 31.4. The average Bonchev–Trinajstić information content (AvgIpc) is 3.08. The van der Waals surface area contributed by atoms with Crippen molar-refractivity contribution in [3.8, 4) is 0 Å². The normalized spacial score (nSPS) is 45.1. The maximum atomic E-state index is 13.6. The van der Waals surface area contributed by atoms with Crippen LogP contribution >= 0.6 is 0 Å².